The number of carbonyl (C=O) groups is 2. The number of rotatable bonds is 7. The third-order valence-electron chi connectivity index (χ3n) is 4.54. The van der Waals surface area contributed by atoms with Gasteiger partial charge in [0.15, 0.2) is 0 Å². The van der Waals surface area contributed by atoms with Crippen molar-refractivity contribution < 1.29 is 18.4 Å². The van der Waals surface area contributed by atoms with E-state index in [4.69, 9.17) is 5.73 Å². The van der Waals surface area contributed by atoms with Crippen LogP contribution in [0.3, 0.4) is 0 Å². The number of alkyl halides is 2. The molecule has 0 aliphatic carbocycles. The fourth-order valence-electron chi connectivity index (χ4n) is 3.25. The smallest absolute Gasteiger partial charge is 0.320 e. The lowest BCUT2D eigenvalue weighted by Crippen LogP contribution is -2.46. The van der Waals surface area contributed by atoms with Crippen LogP contribution < -0.4 is 16.4 Å². The molecule has 3 rings (SSSR count). The number of hydrogen-bond acceptors (Lipinski definition) is 3. The Balaban J connectivity index is 1.83. The Hall–Kier alpha value is -3.49. The normalized spacial score (nSPS) is 12.3. The van der Waals surface area contributed by atoms with Crippen LogP contribution in [0.15, 0.2) is 48.5 Å². The lowest BCUT2D eigenvalue weighted by Gasteiger charge is -2.19. The first-order chi connectivity index (χ1) is 14.3. The number of imidazole rings is 1. The van der Waals surface area contributed by atoms with E-state index in [2.05, 4.69) is 15.6 Å². The Labute approximate surface area is 172 Å². The predicted molar refractivity (Wildman–Crippen MR) is 111 cm³/mol. The second-order valence-electron chi connectivity index (χ2n) is 7.33. The van der Waals surface area contributed by atoms with Gasteiger partial charge in [0.1, 0.15) is 11.9 Å². The number of primary amides is 1. The van der Waals surface area contributed by atoms with Crippen LogP contribution in [-0.2, 0) is 4.79 Å². The van der Waals surface area contributed by atoms with Crippen molar-refractivity contribution in [3.63, 3.8) is 0 Å². The number of nitrogens with two attached hydrogens (primary N) is 1. The van der Waals surface area contributed by atoms with Crippen LogP contribution in [0, 0.1) is 5.92 Å². The Morgan fingerprint density at radius 2 is 1.77 bits per heavy atom. The molecule has 2 aromatic carbocycles. The first-order valence-corrected chi connectivity index (χ1v) is 9.48. The van der Waals surface area contributed by atoms with E-state index in [1.807, 2.05) is 13.8 Å². The van der Waals surface area contributed by atoms with Crippen LogP contribution in [0.2, 0.25) is 0 Å². The van der Waals surface area contributed by atoms with E-state index in [1.165, 1.54) is 0 Å². The van der Waals surface area contributed by atoms with E-state index in [9.17, 15) is 18.4 Å². The molecule has 0 radical (unpaired) electrons. The molecule has 0 bridgehead atoms. The first kappa shape index (κ1) is 21.2. The molecule has 0 aliphatic rings. The van der Waals surface area contributed by atoms with Crippen molar-refractivity contribution >= 4 is 28.7 Å². The van der Waals surface area contributed by atoms with Crippen LogP contribution in [0.5, 0.6) is 0 Å². The van der Waals surface area contributed by atoms with Gasteiger partial charge in [0.25, 0.3) is 0 Å². The number of fused-ring (bicyclic) bond motifs is 1. The number of urea groups is 1. The van der Waals surface area contributed by atoms with E-state index >= 15 is 0 Å². The molecule has 4 N–H and O–H groups in total. The molecular formula is C21H23F2N5O2. The van der Waals surface area contributed by atoms with Crippen molar-refractivity contribution in [1.29, 1.82) is 0 Å². The molecule has 7 nitrogen and oxygen atoms in total. The molecule has 158 valence electrons. The quantitative estimate of drug-likeness (QED) is 0.541. The van der Waals surface area contributed by atoms with Gasteiger partial charge in [-0.3, -0.25) is 9.36 Å². The summed E-state index contributed by atoms with van der Waals surface area (Å²) in [7, 11) is 0. The number of anilines is 1. The highest BCUT2D eigenvalue weighted by Crippen LogP contribution is 2.30. The highest BCUT2D eigenvalue weighted by atomic mass is 19.3. The zero-order chi connectivity index (χ0) is 21.8. The van der Waals surface area contributed by atoms with Gasteiger partial charge in [-0.05, 0) is 48.7 Å². The molecule has 0 spiro atoms. The van der Waals surface area contributed by atoms with Gasteiger partial charge in [0.05, 0.1) is 11.0 Å². The number of aromatic nitrogens is 2. The lowest BCUT2D eigenvalue weighted by atomic mass is 10.0. The molecule has 0 saturated carbocycles. The monoisotopic (exact) mass is 415 g/mol. The fourth-order valence-corrected chi connectivity index (χ4v) is 3.25. The molecule has 0 saturated heterocycles. The minimum Gasteiger partial charge on any atom is -0.352 e. The summed E-state index contributed by atoms with van der Waals surface area (Å²) >= 11 is 0. The molecule has 1 heterocycles. The summed E-state index contributed by atoms with van der Waals surface area (Å²) in [6.07, 6.45) is 0.422. The predicted octanol–water partition coefficient (Wildman–Crippen LogP) is 4.12. The molecule has 0 aliphatic heterocycles. The van der Waals surface area contributed by atoms with Crippen LogP contribution in [0.4, 0.5) is 19.3 Å². The molecule has 1 atom stereocenters. The number of hydrogen-bond donors (Lipinski definition) is 3. The molecule has 3 aromatic rings. The van der Waals surface area contributed by atoms with Gasteiger partial charge < -0.3 is 16.4 Å². The average Bonchev–Trinajstić information content (AvgIpc) is 3.07. The molecule has 0 fully saturated rings. The van der Waals surface area contributed by atoms with Crippen molar-refractivity contribution in [2.75, 3.05) is 5.32 Å². The molecular weight excluding hydrogens is 392 g/mol. The van der Waals surface area contributed by atoms with Gasteiger partial charge in [-0.15, -0.1) is 0 Å². The van der Waals surface area contributed by atoms with Crippen molar-refractivity contribution in [2.24, 2.45) is 11.7 Å². The number of benzene rings is 2. The number of nitrogens with zero attached hydrogens (tertiary/aromatic N) is 2. The van der Waals surface area contributed by atoms with Gasteiger partial charge in [-0.1, -0.05) is 26.0 Å². The van der Waals surface area contributed by atoms with Crippen LogP contribution in [0.1, 0.15) is 26.8 Å². The number of nitrogens with one attached hydrogen (secondary N) is 2. The number of amides is 3. The zero-order valence-electron chi connectivity index (χ0n) is 16.6. The molecule has 30 heavy (non-hydrogen) atoms. The van der Waals surface area contributed by atoms with Gasteiger partial charge in [-0.25, -0.2) is 9.78 Å². The van der Waals surface area contributed by atoms with Crippen molar-refractivity contribution in [3.05, 3.63) is 48.5 Å². The summed E-state index contributed by atoms with van der Waals surface area (Å²) in [5.41, 5.74) is 6.91. The number of carbonyl (C=O) groups excluding carboxylic acids is 2. The summed E-state index contributed by atoms with van der Waals surface area (Å²) in [5.74, 6) is -0.107. The summed E-state index contributed by atoms with van der Waals surface area (Å²) in [5, 5.41) is 5.14. The standard InChI is InChI=1S/C21H23F2N5O2/c1-12(2)11-16(27-21(24)30)19(29)25-14-9-7-13(8-10-14)18-26-15-5-3-4-6-17(15)28(18)20(22)23/h3-10,12,16,20H,11H2,1-2H3,(H,25,29)(H3,24,27,30). The second kappa shape index (κ2) is 8.89. The third kappa shape index (κ3) is 4.73. The third-order valence-corrected chi connectivity index (χ3v) is 4.54. The van der Waals surface area contributed by atoms with E-state index in [0.717, 1.165) is 4.57 Å². The molecule has 1 unspecified atom stereocenters. The van der Waals surface area contributed by atoms with Crippen LogP contribution in [-0.4, -0.2) is 27.5 Å². The van der Waals surface area contributed by atoms with Gasteiger partial charge in [0.2, 0.25) is 5.91 Å². The molecule has 3 amide bonds. The number of halogens is 2. The van der Waals surface area contributed by atoms with Crippen LogP contribution >= 0.6 is 0 Å². The number of para-hydroxylation sites is 2. The highest BCUT2D eigenvalue weighted by molar-refractivity contribution is 5.97. The van der Waals surface area contributed by atoms with Crippen molar-refractivity contribution in [1.82, 2.24) is 14.9 Å². The Kier molecular flexibility index (Phi) is 6.29. The summed E-state index contributed by atoms with van der Waals surface area (Å²) in [6, 6.07) is 11.5. The van der Waals surface area contributed by atoms with Crippen molar-refractivity contribution in [3.8, 4) is 11.4 Å². The minimum atomic E-state index is -2.75. The van der Waals surface area contributed by atoms with E-state index in [0.29, 0.717) is 28.7 Å². The van der Waals surface area contributed by atoms with E-state index in [-0.39, 0.29) is 11.7 Å². The van der Waals surface area contributed by atoms with E-state index in [1.54, 1.807) is 48.5 Å². The second-order valence-corrected chi connectivity index (χ2v) is 7.33. The maximum Gasteiger partial charge on any atom is 0.320 e. The lowest BCUT2D eigenvalue weighted by molar-refractivity contribution is -0.118. The Morgan fingerprint density at radius 1 is 1.10 bits per heavy atom. The van der Waals surface area contributed by atoms with Crippen LogP contribution in [0.25, 0.3) is 22.4 Å². The summed E-state index contributed by atoms with van der Waals surface area (Å²) < 4.78 is 28.2. The van der Waals surface area contributed by atoms with Gasteiger partial charge in [0, 0.05) is 11.3 Å². The summed E-state index contributed by atoms with van der Waals surface area (Å²) in [4.78, 5) is 28.0. The Bertz CT molecular complexity index is 1050. The highest BCUT2D eigenvalue weighted by Gasteiger charge is 2.22. The maximum absolute atomic E-state index is 13.6. The molecule has 9 heteroatoms. The fraction of sp³-hybridized carbons (Fsp3) is 0.286. The molecule has 1 aromatic heterocycles. The Morgan fingerprint density at radius 3 is 2.37 bits per heavy atom. The average molecular weight is 415 g/mol. The first-order valence-electron chi connectivity index (χ1n) is 9.48. The largest absolute Gasteiger partial charge is 0.352 e. The topological polar surface area (TPSA) is 102 Å². The minimum absolute atomic E-state index is 0.136. The van der Waals surface area contributed by atoms with Crippen molar-refractivity contribution in [2.45, 2.75) is 32.9 Å². The SMILES string of the molecule is CC(C)CC(NC(N)=O)C(=O)Nc1ccc(-c2nc3ccccc3n2C(F)F)cc1. The maximum atomic E-state index is 13.6. The van der Waals surface area contributed by atoms with Gasteiger partial charge >= 0.3 is 12.6 Å². The zero-order valence-corrected chi connectivity index (χ0v) is 16.6. The van der Waals surface area contributed by atoms with E-state index < -0.39 is 24.5 Å². The van der Waals surface area contributed by atoms with Gasteiger partial charge in [-0.2, -0.15) is 8.78 Å². The summed E-state index contributed by atoms with van der Waals surface area (Å²) in [6.45, 7) is 1.10.